The number of aliphatic hydroxyl groups excluding tert-OH is 1. The van der Waals surface area contributed by atoms with E-state index in [2.05, 4.69) is 0 Å². The molecule has 0 bridgehead atoms. The molecule has 2 heterocycles. The number of β-lactam (4-membered cyclic amide) rings is 1. The van der Waals surface area contributed by atoms with Crippen LogP contribution in [0.2, 0.25) is 0 Å². The number of hydrogen-bond acceptors (Lipinski definition) is 4. The highest BCUT2D eigenvalue weighted by atomic mass is 32.2. The van der Waals surface area contributed by atoms with E-state index in [1.54, 1.807) is 0 Å². The molecule has 0 radical (unpaired) electrons. The van der Waals surface area contributed by atoms with Crippen LogP contribution >= 0.6 is 11.8 Å². The zero-order valence-corrected chi connectivity index (χ0v) is 8.08. The summed E-state index contributed by atoms with van der Waals surface area (Å²) in [6.07, 6.45) is 0.403. The van der Waals surface area contributed by atoms with Gasteiger partial charge in [0.05, 0.1) is 18.4 Å². The van der Waals surface area contributed by atoms with Crippen LogP contribution in [0.25, 0.3) is 0 Å². The minimum atomic E-state index is -1.13. The average molecular weight is 215 g/mol. The number of thioether (sulfide) groups is 1. The molecule has 5 nitrogen and oxygen atoms in total. The molecule has 1 fully saturated rings. The van der Waals surface area contributed by atoms with E-state index in [-0.39, 0.29) is 23.6 Å². The summed E-state index contributed by atoms with van der Waals surface area (Å²) in [5.41, 5.74) is 0.402. The molecule has 14 heavy (non-hydrogen) atoms. The van der Waals surface area contributed by atoms with Gasteiger partial charge in [0, 0.05) is 5.75 Å². The molecule has 2 rings (SSSR count). The number of carbonyl (C=O) groups is 2. The van der Waals surface area contributed by atoms with Gasteiger partial charge in [0.25, 0.3) is 0 Å². The molecule has 0 unspecified atom stereocenters. The van der Waals surface area contributed by atoms with Gasteiger partial charge in [0.1, 0.15) is 5.70 Å². The van der Waals surface area contributed by atoms with Crippen molar-refractivity contribution in [1.82, 2.24) is 4.90 Å². The summed E-state index contributed by atoms with van der Waals surface area (Å²) >= 11 is 1.49. The fraction of sp³-hybridized carbons (Fsp3) is 0.500. The van der Waals surface area contributed by atoms with Crippen LogP contribution in [-0.2, 0) is 9.59 Å². The monoisotopic (exact) mass is 215 g/mol. The summed E-state index contributed by atoms with van der Waals surface area (Å²) in [7, 11) is 0. The van der Waals surface area contributed by atoms with Gasteiger partial charge in [0.15, 0.2) is 0 Å². The lowest BCUT2D eigenvalue weighted by molar-refractivity contribution is -0.146. The zero-order chi connectivity index (χ0) is 10.3. The number of aliphatic hydroxyl groups is 1. The van der Waals surface area contributed by atoms with E-state index in [9.17, 15) is 9.59 Å². The maximum absolute atomic E-state index is 11.2. The Morgan fingerprint density at radius 2 is 2.36 bits per heavy atom. The van der Waals surface area contributed by atoms with Crippen molar-refractivity contribution in [3.05, 3.63) is 11.3 Å². The van der Waals surface area contributed by atoms with Crippen LogP contribution in [0.1, 0.15) is 6.42 Å². The minimum Gasteiger partial charge on any atom is -0.477 e. The number of fused-ring (bicyclic) bond motifs is 1. The maximum Gasteiger partial charge on any atom is 0.352 e. The lowest BCUT2D eigenvalue weighted by Gasteiger charge is -2.43. The van der Waals surface area contributed by atoms with Crippen LogP contribution in [0.4, 0.5) is 0 Å². The third kappa shape index (κ3) is 1.22. The molecule has 0 spiro atoms. The minimum absolute atomic E-state index is 0.0208. The van der Waals surface area contributed by atoms with Gasteiger partial charge in [-0.25, -0.2) is 4.79 Å². The molecule has 2 aliphatic rings. The summed E-state index contributed by atoms with van der Waals surface area (Å²) < 4.78 is 0. The zero-order valence-electron chi connectivity index (χ0n) is 7.27. The summed E-state index contributed by atoms with van der Waals surface area (Å²) in [5, 5.41) is 17.8. The quantitative estimate of drug-likeness (QED) is 0.614. The largest absolute Gasteiger partial charge is 0.477 e. The van der Waals surface area contributed by atoms with Crippen molar-refractivity contribution in [2.45, 2.75) is 11.8 Å². The van der Waals surface area contributed by atoms with Gasteiger partial charge in [-0.3, -0.25) is 9.69 Å². The van der Waals surface area contributed by atoms with E-state index in [4.69, 9.17) is 10.2 Å². The van der Waals surface area contributed by atoms with E-state index in [1.807, 2.05) is 0 Å². The number of carboxylic acids is 1. The molecule has 0 aromatic carbocycles. The fourth-order valence-corrected chi connectivity index (χ4v) is 2.85. The molecule has 1 amide bonds. The molecular formula is C8H9NO4S. The number of rotatable bonds is 2. The van der Waals surface area contributed by atoms with Crippen LogP contribution in [0.5, 0.6) is 0 Å². The van der Waals surface area contributed by atoms with Crippen LogP contribution in [-0.4, -0.2) is 44.7 Å². The highest BCUT2D eigenvalue weighted by Crippen LogP contribution is 2.39. The van der Waals surface area contributed by atoms with Crippen LogP contribution in [0, 0.1) is 0 Å². The molecule has 76 valence electrons. The summed E-state index contributed by atoms with van der Waals surface area (Å²) in [6, 6.07) is 0. The number of carbonyl (C=O) groups excluding carboxylic acids is 1. The molecule has 0 aromatic rings. The van der Waals surface area contributed by atoms with Gasteiger partial charge in [-0.15, -0.1) is 11.8 Å². The van der Waals surface area contributed by atoms with Crippen molar-refractivity contribution < 1.29 is 19.8 Å². The molecular weight excluding hydrogens is 206 g/mol. The van der Waals surface area contributed by atoms with E-state index in [0.29, 0.717) is 17.7 Å². The lowest BCUT2D eigenvalue weighted by atomic mass is 10.1. The van der Waals surface area contributed by atoms with E-state index in [1.165, 1.54) is 16.7 Å². The third-order valence-corrected chi connectivity index (χ3v) is 3.60. The predicted octanol–water partition coefficient (Wildman–Crippen LogP) is -0.377. The van der Waals surface area contributed by atoms with Gasteiger partial charge >= 0.3 is 5.97 Å². The second kappa shape index (κ2) is 3.29. The first-order valence-corrected chi connectivity index (χ1v) is 5.20. The van der Waals surface area contributed by atoms with Crippen molar-refractivity contribution >= 4 is 23.6 Å². The summed E-state index contributed by atoms with van der Waals surface area (Å²) in [4.78, 5) is 23.3. The molecule has 0 aliphatic carbocycles. The highest BCUT2D eigenvalue weighted by molar-refractivity contribution is 8.00. The Morgan fingerprint density at radius 3 is 2.86 bits per heavy atom. The highest BCUT2D eigenvalue weighted by Gasteiger charge is 2.44. The molecule has 2 aliphatic heterocycles. The van der Waals surface area contributed by atoms with Crippen LogP contribution < -0.4 is 0 Å². The van der Waals surface area contributed by atoms with Gasteiger partial charge in [0.2, 0.25) is 5.91 Å². The van der Waals surface area contributed by atoms with E-state index in [0.717, 1.165) is 0 Å². The van der Waals surface area contributed by atoms with Gasteiger partial charge < -0.3 is 10.2 Å². The second-order valence-electron chi connectivity index (χ2n) is 3.15. The summed E-state index contributed by atoms with van der Waals surface area (Å²) in [5.74, 6) is -0.815. The Kier molecular flexibility index (Phi) is 2.24. The van der Waals surface area contributed by atoms with E-state index >= 15 is 0 Å². The first-order valence-electron chi connectivity index (χ1n) is 4.15. The number of nitrogens with zero attached hydrogens (tertiary/aromatic N) is 1. The molecule has 1 saturated heterocycles. The predicted molar refractivity (Wildman–Crippen MR) is 49.5 cm³/mol. The Balaban J connectivity index is 2.37. The van der Waals surface area contributed by atoms with Crippen LogP contribution in [0.15, 0.2) is 11.3 Å². The van der Waals surface area contributed by atoms with Gasteiger partial charge in [-0.2, -0.15) is 0 Å². The number of carboxylic acid groups (broad SMARTS) is 1. The topological polar surface area (TPSA) is 77.8 Å². The fourth-order valence-electron chi connectivity index (χ4n) is 1.60. The standard InChI is InChI=1S/C8H9NO4S/c10-2-4-3-14-6-1-5(11)9(6)7(4)8(12)13/h6,10H,1-3H2,(H,12,13)/t6-/m1/s1. The number of amides is 1. The first-order chi connectivity index (χ1) is 6.65. The van der Waals surface area contributed by atoms with Gasteiger partial charge in [-0.05, 0) is 5.57 Å². The smallest absolute Gasteiger partial charge is 0.352 e. The normalized spacial score (nSPS) is 25.9. The Bertz CT molecular complexity index is 338. The van der Waals surface area contributed by atoms with Crippen molar-refractivity contribution in [2.24, 2.45) is 0 Å². The third-order valence-electron chi connectivity index (χ3n) is 2.33. The molecule has 2 N–H and O–H groups in total. The van der Waals surface area contributed by atoms with Crippen molar-refractivity contribution in [3.63, 3.8) is 0 Å². The summed E-state index contributed by atoms with van der Waals surface area (Å²) in [6.45, 7) is -0.300. The Morgan fingerprint density at radius 1 is 1.64 bits per heavy atom. The molecule has 1 atom stereocenters. The van der Waals surface area contributed by atoms with Crippen molar-refractivity contribution in [2.75, 3.05) is 12.4 Å². The average Bonchev–Trinajstić information content (AvgIpc) is 2.15. The van der Waals surface area contributed by atoms with Crippen molar-refractivity contribution in [1.29, 1.82) is 0 Å². The molecule has 6 heteroatoms. The Labute approximate surface area is 84.4 Å². The number of aliphatic carboxylic acids is 1. The van der Waals surface area contributed by atoms with Gasteiger partial charge in [-0.1, -0.05) is 0 Å². The van der Waals surface area contributed by atoms with Crippen molar-refractivity contribution in [3.8, 4) is 0 Å². The van der Waals surface area contributed by atoms with Crippen LogP contribution in [0.3, 0.4) is 0 Å². The lowest BCUT2D eigenvalue weighted by Crippen LogP contribution is -2.54. The van der Waals surface area contributed by atoms with E-state index < -0.39 is 5.97 Å². The Hall–Kier alpha value is -1.01. The number of hydrogen-bond donors (Lipinski definition) is 2. The molecule has 0 aromatic heterocycles. The molecule has 0 saturated carbocycles. The maximum atomic E-state index is 11.2. The second-order valence-corrected chi connectivity index (χ2v) is 4.32. The SMILES string of the molecule is O=C(O)C1=C(CO)CS[C@@H]2CC(=O)N12. The first kappa shape index (κ1) is 9.54.